The van der Waals surface area contributed by atoms with Gasteiger partial charge in [-0.25, -0.2) is 0 Å². The highest BCUT2D eigenvalue weighted by atomic mass is 16.6. The molecule has 2 rings (SSSR count). The van der Waals surface area contributed by atoms with Crippen molar-refractivity contribution in [2.45, 2.75) is 44.6 Å². The predicted molar refractivity (Wildman–Crippen MR) is 127 cm³/mol. The van der Waals surface area contributed by atoms with Crippen molar-refractivity contribution < 1.29 is 28.9 Å². The Morgan fingerprint density at radius 3 is 2.33 bits per heavy atom. The Bertz CT molecular complexity index is 865. The van der Waals surface area contributed by atoms with Gasteiger partial charge >= 0.3 is 11.9 Å². The Morgan fingerprint density at radius 2 is 1.67 bits per heavy atom. The molecule has 0 amide bonds. The van der Waals surface area contributed by atoms with Crippen molar-refractivity contribution >= 4 is 11.9 Å². The number of para-hydroxylation sites is 1. The first-order valence-electron chi connectivity index (χ1n) is 11.3. The number of aryl methyl sites for hydroxylation is 2. The zero-order valence-corrected chi connectivity index (χ0v) is 19.8. The molecule has 0 heterocycles. The van der Waals surface area contributed by atoms with Gasteiger partial charge in [-0.05, 0) is 69.1 Å². The van der Waals surface area contributed by atoms with Crippen LogP contribution in [0.2, 0.25) is 0 Å². The quantitative estimate of drug-likeness (QED) is 0.320. The van der Waals surface area contributed by atoms with Crippen LogP contribution in [0.25, 0.3) is 0 Å². The molecule has 1 unspecified atom stereocenters. The first kappa shape index (κ1) is 26.2. The van der Waals surface area contributed by atoms with E-state index in [9.17, 15) is 9.59 Å². The molecule has 0 radical (unpaired) electrons. The molecule has 7 nitrogen and oxygen atoms in total. The lowest BCUT2D eigenvalue weighted by Crippen LogP contribution is -2.35. The number of likely N-dealkylation sites (N-methyl/N-ethyl adjacent to an activating group) is 1. The fourth-order valence-corrected chi connectivity index (χ4v) is 3.43. The van der Waals surface area contributed by atoms with Crippen molar-refractivity contribution in [3.05, 3.63) is 59.7 Å². The molecule has 1 N–H and O–H groups in total. The third-order valence-electron chi connectivity index (χ3n) is 5.13. The lowest BCUT2D eigenvalue weighted by molar-refractivity contribution is -0.151. The molecule has 2 aromatic rings. The van der Waals surface area contributed by atoms with Crippen LogP contribution >= 0.6 is 0 Å². The smallest absolute Gasteiger partial charge is 0.306 e. The number of carboxylic acid groups (broad SMARTS) is 1. The monoisotopic (exact) mass is 457 g/mol. The minimum absolute atomic E-state index is 0.0603. The maximum absolute atomic E-state index is 12.2. The topological polar surface area (TPSA) is 85.3 Å². The van der Waals surface area contributed by atoms with E-state index in [2.05, 4.69) is 12.1 Å². The van der Waals surface area contributed by atoms with Crippen molar-refractivity contribution in [3.63, 3.8) is 0 Å². The van der Waals surface area contributed by atoms with Gasteiger partial charge in [0.15, 0.2) is 0 Å². The van der Waals surface area contributed by atoms with E-state index in [4.69, 9.17) is 19.3 Å². The number of hydrogen-bond acceptors (Lipinski definition) is 6. The van der Waals surface area contributed by atoms with Gasteiger partial charge in [-0.2, -0.15) is 0 Å². The van der Waals surface area contributed by atoms with Gasteiger partial charge in [0, 0.05) is 19.4 Å². The molecule has 0 saturated heterocycles. The first-order chi connectivity index (χ1) is 15.9. The standard InChI is InChI=1S/C26H35NO6/c1-27(2)18-23(33-26(30)11-7-6-10-25(28)29)19-32-24-9-5-4-8-21(24)15-12-20-13-16-22(31-3)17-14-20/h4-5,8-9,13-14,16-17,23H,6-7,10-12,15,18-19H2,1-3H3,(H,28,29). The van der Waals surface area contributed by atoms with E-state index >= 15 is 0 Å². The number of hydrogen-bond donors (Lipinski definition) is 1. The van der Waals surface area contributed by atoms with Crippen LogP contribution in [0.4, 0.5) is 0 Å². The molecular weight excluding hydrogens is 422 g/mol. The van der Waals surface area contributed by atoms with Crippen LogP contribution in [-0.2, 0) is 27.2 Å². The minimum atomic E-state index is -0.854. The lowest BCUT2D eigenvalue weighted by Gasteiger charge is -2.22. The summed E-state index contributed by atoms with van der Waals surface area (Å²) in [6.07, 6.45) is 2.50. The maximum atomic E-state index is 12.2. The molecule has 33 heavy (non-hydrogen) atoms. The number of benzene rings is 2. The SMILES string of the molecule is COc1ccc(CCc2ccccc2OCC(CN(C)C)OC(=O)CCCCC(=O)O)cc1. The van der Waals surface area contributed by atoms with Crippen LogP contribution in [0.5, 0.6) is 11.5 Å². The van der Waals surface area contributed by atoms with E-state index in [0.717, 1.165) is 29.9 Å². The predicted octanol–water partition coefficient (Wildman–Crippen LogP) is 3.98. The van der Waals surface area contributed by atoms with E-state index in [1.165, 1.54) is 5.56 Å². The number of unbranched alkanes of at least 4 members (excludes halogenated alkanes) is 1. The Kier molecular flexibility index (Phi) is 11.2. The summed E-state index contributed by atoms with van der Waals surface area (Å²) in [5.41, 5.74) is 2.31. The van der Waals surface area contributed by atoms with Gasteiger partial charge in [-0.3, -0.25) is 9.59 Å². The molecule has 0 aromatic heterocycles. The Morgan fingerprint density at radius 1 is 0.970 bits per heavy atom. The summed E-state index contributed by atoms with van der Waals surface area (Å²) in [5, 5.41) is 8.70. The normalized spacial score (nSPS) is 11.8. The number of ether oxygens (including phenoxy) is 3. The molecule has 0 saturated carbocycles. The molecule has 180 valence electrons. The molecular formula is C26H35NO6. The van der Waals surface area contributed by atoms with Gasteiger partial charge < -0.3 is 24.2 Å². The Balaban J connectivity index is 1.90. The van der Waals surface area contributed by atoms with E-state index < -0.39 is 12.1 Å². The Labute approximate surface area is 196 Å². The third-order valence-corrected chi connectivity index (χ3v) is 5.13. The molecule has 0 aliphatic rings. The van der Waals surface area contributed by atoms with Crippen molar-refractivity contribution in [1.29, 1.82) is 0 Å². The van der Waals surface area contributed by atoms with Crippen LogP contribution in [-0.4, -0.2) is 62.4 Å². The first-order valence-corrected chi connectivity index (χ1v) is 11.3. The third kappa shape index (κ3) is 10.4. The summed E-state index contributed by atoms with van der Waals surface area (Å²) in [4.78, 5) is 24.8. The molecule has 0 aliphatic carbocycles. The molecule has 0 spiro atoms. The average molecular weight is 458 g/mol. The summed E-state index contributed by atoms with van der Waals surface area (Å²) in [5.74, 6) is 0.440. The average Bonchev–Trinajstić information content (AvgIpc) is 2.79. The zero-order chi connectivity index (χ0) is 24.1. The number of nitrogens with zero attached hydrogens (tertiary/aromatic N) is 1. The highest BCUT2D eigenvalue weighted by molar-refractivity contribution is 5.70. The fraction of sp³-hybridized carbons (Fsp3) is 0.462. The van der Waals surface area contributed by atoms with E-state index in [-0.39, 0.29) is 25.4 Å². The van der Waals surface area contributed by atoms with Crippen LogP contribution < -0.4 is 9.47 Å². The van der Waals surface area contributed by atoms with Crippen LogP contribution in [0.15, 0.2) is 48.5 Å². The largest absolute Gasteiger partial charge is 0.497 e. The fourth-order valence-electron chi connectivity index (χ4n) is 3.43. The highest BCUT2D eigenvalue weighted by Crippen LogP contribution is 2.21. The van der Waals surface area contributed by atoms with Gasteiger partial charge in [0.2, 0.25) is 0 Å². The molecule has 1 atom stereocenters. The van der Waals surface area contributed by atoms with Crippen LogP contribution in [0.1, 0.15) is 36.8 Å². The lowest BCUT2D eigenvalue weighted by atomic mass is 10.0. The number of carbonyl (C=O) groups excluding carboxylic acids is 1. The van der Waals surface area contributed by atoms with Gasteiger partial charge in [-0.15, -0.1) is 0 Å². The second kappa shape index (κ2) is 14.2. The van der Waals surface area contributed by atoms with Gasteiger partial charge in [0.25, 0.3) is 0 Å². The van der Waals surface area contributed by atoms with Crippen molar-refractivity contribution in [3.8, 4) is 11.5 Å². The second-order valence-electron chi connectivity index (χ2n) is 8.24. The highest BCUT2D eigenvalue weighted by Gasteiger charge is 2.17. The summed E-state index contributed by atoms with van der Waals surface area (Å²) in [7, 11) is 5.48. The number of rotatable bonds is 15. The van der Waals surface area contributed by atoms with Crippen LogP contribution in [0, 0.1) is 0 Å². The summed E-state index contributed by atoms with van der Waals surface area (Å²) >= 11 is 0. The number of carbonyl (C=O) groups is 2. The van der Waals surface area contributed by atoms with E-state index in [1.807, 2.05) is 55.4 Å². The number of methoxy groups -OCH3 is 1. The maximum Gasteiger partial charge on any atom is 0.306 e. The molecule has 0 aliphatic heterocycles. The number of esters is 1. The van der Waals surface area contributed by atoms with Crippen molar-refractivity contribution in [2.24, 2.45) is 0 Å². The van der Waals surface area contributed by atoms with Gasteiger partial charge in [0.1, 0.15) is 24.2 Å². The van der Waals surface area contributed by atoms with Crippen LogP contribution in [0.3, 0.4) is 0 Å². The molecule has 2 aromatic carbocycles. The number of carboxylic acids is 1. The van der Waals surface area contributed by atoms with Crippen molar-refractivity contribution in [1.82, 2.24) is 4.90 Å². The van der Waals surface area contributed by atoms with Gasteiger partial charge in [0.05, 0.1) is 7.11 Å². The molecule has 7 heteroatoms. The minimum Gasteiger partial charge on any atom is -0.497 e. The summed E-state index contributed by atoms with van der Waals surface area (Å²) in [6, 6.07) is 15.9. The van der Waals surface area contributed by atoms with E-state index in [1.54, 1.807) is 7.11 Å². The zero-order valence-electron chi connectivity index (χ0n) is 19.8. The molecule has 0 fully saturated rings. The van der Waals surface area contributed by atoms with Crippen molar-refractivity contribution in [2.75, 3.05) is 34.4 Å². The number of aliphatic carboxylic acids is 1. The van der Waals surface area contributed by atoms with E-state index in [0.29, 0.717) is 19.4 Å². The van der Waals surface area contributed by atoms with Gasteiger partial charge in [-0.1, -0.05) is 30.3 Å². The second-order valence-corrected chi connectivity index (χ2v) is 8.24. The Hall–Kier alpha value is -3.06. The summed E-state index contributed by atoms with van der Waals surface area (Å²) < 4.78 is 16.9. The molecule has 0 bridgehead atoms. The summed E-state index contributed by atoms with van der Waals surface area (Å²) in [6.45, 7) is 0.785.